The highest BCUT2D eigenvalue weighted by molar-refractivity contribution is 7.26. The molecule has 0 saturated heterocycles. The van der Waals surface area contributed by atoms with Gasteiger partial charge in [0.2, 0.25) is 0 Å². The predicted octanol–water partition coefficient (Wildman–Crippen LogP) is 11.3. The van der Waals surface area contributed by atoms with Crippen LogP contribution in [-0.4, -0.2) is 9.97 Å². The van der Waals surface area contributed by atoms with Gasteiger partial charge in [0.05, 0.1) is 22.4 Å². The van der Waals surface area contributed by atoms with Gasteiger partial charge in [-0.2, -0.15) is 0 Å². The van der Waals surface area contributed by atoms with Crippen LogP contribution in [0.3, 0.4) is 0 Å². The molecule has 0 amide bonds. The molecule has 0 aliphatic rings. The average Bonchev–Trinajstić information content (AvgIpc) is 3.47. The first-order valence-electron chi connectivity index (χ1n) is 14.5. The molecule has 0 fully saturated rings. The summed E-state index contributed by atoms with van der Waals surface area (Å²) in [6, 6.07) is 51.8. The maximum absolute atomic E-state index is 5.28. The average molecular weight is 565 g/mol. The Labute approximate surface area is 252 Å². The van der Waals surface area contributed by atoms with E-state index in [-0.39, 0.29) is 0 Å². The molecule has 3 heteroatoms. The summed E-state index contributed by atoms with van der Waals surface area (Å²) in [5.74, 6) is 0. The molecular formula is C40H24N2S. The van der Waals surface area contributed by atoms with Crippen LogP contribution in [0.1, 0.15) is 0 Å². The van der Waals surface area contributed by atoms with Crippen LogP contribution in [0.5, 0.6) is 0 Å². The van der Waals surface area contributed by atoms with Crippen LogP contribution in [0, 0.1) is 0 Å². The molecule has 0 spiro atoms. The van der Waals surface area contributed by atoms with Crippen molar-refractivity contribution in [2.75, 3.05) is 0 Å². The second-order valence-electron chi connectivity index (χ2n) is 11.0. The summed E-state index contributed by atoms with van der Waals surface area (Å²) in [5.41, 5.74) is 8.13. The van der Waals surface area contributed by atoms with Crippen LogP contribution in [-0.2, 0) is 0 Å². The van der Waals surface area contributed by atoms with E-state index in [1.807, 2.05) is 17.4 Å². The van der Waals surface area contributed by atoms with E-state index in [4.69, 9.17) is 9.97 Å². The minimum Gasteiger partial charge on any atom is -0.244 e. The molecule has 0 unspecified atom stereocenters. The molecular weight excluding hydrogens is 541 g/mol. The van der Waals surface area contributed by atoms with Gasteiger partial charge in [-0.3, -0.25) is 0 Å². The van der Waals surface area contributed by atoms with Crippen molar-refractivity contribution >= 4 is 64.1 Å². The van der Waals surface area contributed by atoms with E-state index in [0.29, 0.717) is 0 Å². The van der Waals surface area contributed by atoms with Crippen molar-refractivity contribution < 1.29 is 0 Å². The summed E-state index contributed by atoms with van der Waals surface area (Å²) in [6.45, 7) is 0. The Bertz CT molecular complexity index is 2490. The van der Waals surface area contributed by atoms with Crippen LogP contribution >= 0.6 is 11.3 Å². The number of rotatable bonds is 3. The third kappa shape index (κ3) is 3.93. The molecule has 9 rings (SSSR count). The number of thiophene rings is 1. The number of nitrogens with zero attached hydrogens (tertiary/aromatic N) is 2. The second kappa shape index (κ2) is 9.59. The number of fused-ring (bicyclic) bond motifs is 8. The van der Waals surface area contributed by atoms with Gasteiger partial charge in [-0.15, -0.1) is 11.3 Å². The summed E-state index contributed by atoms with van der Waals surface area (Å²) in [5, 5.41) is 7.54. The molecule has 7 aromatic carbocycles. The highest BCUT2D eigenvalue weighted by Crippen LogP contribution is 2.40. The number of benzene rings is 7. The van der Waals surface area contributed by atoms with Crippen molar-refractivity contribution in [1.82, 2.24) is 9.97 Å². The number of hydrogen-bond donors (Lipinski definition) is 0. The van der Waals surface area contributed by atoms with Gasteiger partial charge >= 0.3 is 0 Å². The smallest absolute Gasteiger partial charge is 0.0973 e. The molecule has 0 atom stereocenters. The molecule has 0 N–H and O–H groups in total. The highest BCUT2D eigenvalue weighted by atomic mass is 32.1. The quantitative estimate of drug-likeness (QED) is 0.199. The number of hydrogen-bond acceptors (Lipinski definition) is 3. The first-order valence-corrected chi connectivity index (χ1v) is 15.3. The van der Waals surface area contributed by atoms with Gasteiger partial charge in [-0.05, 0) is 45.5 Å². The van der Waals surface area contributed by atoms with Crippen LogP contribution in [0.2, 0.25) is 0 Å². The fourth-order valence-corrected chi connectivity index (χ4v) is 7.54. The molecule has 0 aliphatic heterocycles. The fourth-order valence-electron chi connectivity index (χ4n) is 6.30. The molecule has 2 heterocycles. The third-order valence-electron chi connectivity index (χ3n) is 8.46. The van der Waals surface area contributed by atoms with Gasteiger partial charge in [-0.1, -0.05) is 127 Å². The molecule has 0 bridgehead atoms. The van der Waals surface area contributed by atoms with E-state index in [1.165, 1.54) is 47.5 Å². The first kappa shape index (κ1) is 24.2. The summed E-state index contributed by atoms with van der Waals surface area (Å²) in [6.07, 6.45) is 0. The Hall–Kier alpha value is -5.38. The lowest BCUT2D eigenvalue weighted by molar-refractivity contribution is 1.30. The topological polar surface area (TPSA) is 25.8 Å². The van der Waals surface area contributed by atoms with Crippen LogP contribution in [0.15, 0.2) is 146 Å². The van der Waals surface area contributed by atoms with E-state index in [0.717, 1.165) is 38.9 Å². The molecule has 43 heavy (non-hydrogen) atoms. The summed E-state index contributed by atoms with van der Waals surface area (Å²) >= 11 is 1.88. The zero-order valence-corrected chi connectivity index (χ0v) is 24.0. The van der Waals surface area contributed by atoms with Gasteiger partial charge in [0.1, 0.15) is 0 Å². The predicted molar refractivity (Wildman–Crippen MR) is 184 cm³/mol. The highest BCUT2D eigenvalue weighted by Gasteiger charge is 2.15. The summed E-state index contributed by atoms with van der Waals surface area (Å²) in [4.78, 5) is 10.4. The van der Waals surface area contributed by atoms with E-state index in [2.05, 4.69) is 140 Å². The SMILES string of the molecule is c1ccc(-c2nc3ccc4ccccc4c3nc2-c2ccc(-c3ccc4c(ccc5c6ccccc6sc45)c3)cc2)cc1. The minimum atomic E-state index is 0.896. The second-order valence-corrected chi connectivity index (χ2v) is 12.0. The maximum atomic E-state index is 5.28. The summed E-state index contributed by atoms with van der Waals surface area (Å²) in [7, 11) is 0. The lowest BCUT2D eigenvalue weighted by Gasteiger charge is -2.13. The van der Waals surface area contributed by atoms with Crippen LogP contribution < -0.4 is 0 Å². The largest absolute Gasteiger partial charge is 0.244 e. The Balaban J connectivity index is 1.17. The molecule has 0 aliphatic carbocycles. The monoisotopic (exact) mass is 564 g/mol. The number of aromatic nitrogens is 2. The molecule has 200 valence electrons. The molecule has 0 saturated carbocycles. The fraction of sp³-hybridized carbons (Fsp3) is 0. The Morgan fingerprint density at radius 2 is 1.05 bits per heavy atom. The van der Waals surface area contributed by atoms with E-state index in [9.17, 15) is 0 Å². The Kier molecular flexibility index (Phi) is 5.40. The Morgan fingerprint density at radius 3 is 1.93 bits per heavy atom. The van der Waals surface area contributed by atoms with Gasteiger partial charge < -0.3 is 0 Å². The Morgan fingerprint density at radius 1 is 0.395 bits per heavy atom. The lowest BCUT2D eigenvalue weighted by Crippen LogP contribution is -1.96. The first-order chi connectivity index (χ1) is 21.3. The van der Waals surface area contributed by atoms with Crippen molar-refractivity contribution in [3.8, 4) is 33.6 Å². The van der Waals surface area contributed by atoms with Gasteiger partial charge in [0, 0.05) is 36.7 Å². The van der Waals surface area contributed by atoms with E-state index >= 15 is 0 Å². The van der Waals surface area contributed by atoms with Gasteiger partial charge in [-0.25, -0.2) is 9.97 Å². The van der Waals surface area contributed by atoms with E-state index in [1.54, 1.807) is 0 Å². The van der Waals surface area contributed by atoms with E-state index < -0.39 is 0 Å². The normalized spacial score (nSPS) is 11.7. The third-order valence-corrected chi connectivity index (χ3v) is 9.68. The van der Waals surface area contributed by atoms with Crippen molar-refractivity contribution in [2.45, 2.75) is 0 Å². The minimum absolute atomic E-state index is 0.896. The van der Waals surface area contributed by atoms with Crippen molar-refractivity contribution in [3.05, 3.63) is 146 Å². The maximum Gasteiger partial charge on any atom is 0.0973 e. The molecule has 0 radical (unpaired) electrons. The molecule has 2 nitrogen and oxygen atoms in total. The standard InChI is InChI=1S/C40H24N2S/c1-2-9-27(10-3-1)37-38(42-39-31-11-5-4-8-26(31)20-23-35(39)41-37)28-16-14-25(15-17-28)29-18-21-32-30(24-29)19-22-34-33-12-6-7-13-36(33)43-40(32)34/h1-24H. The molecule has 9 aromatic rings. The van der Waals surface area contributed by atoms with Crippen molar-refractivity contribution in [2.24, 2.45) is 0 Å². The summed E-state index contributed by atoms with van der Waals surface area (Å²) < 4.78 is 2.70. The lowest BCUT2D eigenvalue weighted by atomic mass is 9.97. The van der Waals surface area contributed by atoms with Gasteiger partial charge in [0.15, 0.2) is 0 Å². The van der Waals surface area contributed by atoms with Crippen LogP contribution in [0.4, 0.5) is 0 Å². The van der Waals surface area contributed by atoms with Crippen molar-refractivity contribution in [3.63, 3.8) is 0 Å². The molecule has 2 aromatic heterocycles. The van der Waals surface area contributed by atoms with Gasteiger partial charge in [0.25, 0.3) is 0 Å². The zero-order valence-electron chi connectivity index (χ0n) is 23.2. The van der Waals surface area contributed by atoms with Crippen molar-refractivity contribution in [1.29, 1.82) is 0 Å². The zero-order chi connectivity index (χ0) is 28.3. The van der Waals surface area contributed by atoms with Crippen LogP contribution in [0.25, 0.3) is 86.4 Å².